The summed E-state index contributed by atoms with van der Waals surface area (Å²) >= 11 is 8.26. The Morgan fingerprint density at radius 1 is 1.27 bits per heavy atom. The lowest BCUT2D eigenvalue weighted by molar-refractivity contribution is -0.216. The van der Waals surface area contributed by atoms with Gasteiger partial charge in [-0.25, -0.2) is 0 Å². The number of hydrogen-bond donors (Lipinski definition) is 0. The van der Waals surface area contributed by atoms with Crippen molar-refractivity contribution < 1.29 is 14.6 Å². The number of aliphatic imine (C=N–C) groups is 1. The largest absolute Gasteiger partial charge is 0.338 e. The second-order valence-corrected chi connectivity index (χ2v) is 8.01. The maximum absolute atomic E-state index is 12.5. The first-order valence-electron chi connectivity index (χ1n) is 7.77. The lowest BCUT2D eigenvalue weighted by Gasteiger charge is -2.13. The first kappa shape index (κ1) is 19.0. The van der Waals surface area contributed by atoms with Crippen LogP contribution in [0, 0.1) is 0 Å². The van der Waals surface area contributed by atoms with Gasteiger partial charge in [0, 0.05) is 19.0 Å². The molecule has 2 aliphatic rings. The van der Waals surface area contributed by atoms with Crippen LogP contribution in [0.3, 0.4) is 0 Å². The van der Waals surface area contributed by atoms with Gasteiger partial charge in [0.25, 0.3) is 5.91 Å². The molecule has 136 valence electrons. The number of carbonyl (C=O) groups is 1. The normalized spacial score (nSPS) is 20.1. The number of thioether (sulfide) groups is 2. The van der Waals surface area contributed by atoms with E-state index in [0.29, 0.717) is 15.8 Å². The minimum atomic E-state index is -0.118. The maximum atomic E-state index is 12.5. The van der Waals surface area contributed by atoms with E-state index in [4.69, 9.17) is 17.1 Å². The fraction of sp³-hybridized carbons (Fsp3) is 0.235. The van der Waals surface area contributed by atoms with E-state index in [0.717, 1.165) is 10.7 Å². The molecule has 3 rings (SSSR count). The molecular weight excluding hydrogens is 390 g/mol. The first-order valence-corrected chi connectivity index (χ1v) is 9.81. The molecule has 1 aromatic carbocycles. The van der Waals surface area contributed by atoms with Crippen molar-refractivity contribution in [3.8, 4) is 0 Å². The molecule has 0 atom stereocenters. The zero-order chi connectivity index (χ0) is 18.5. The Bertz CT molecular complexity index is 807. The van der Waals surface area contributed by atoms with Crippen LogP contribution in [0.4, 0.5) is 5.69 Å². The van der Waals surface area contributed by atoms with Crippen LogP contribution < -0.4 is 4.90 Å². The van der Waals surface area contributed by atoms with Crippen LogP contribution in [0.15, 0.2) is 56.2 Å². The number of amides is 1. The highest BCUT2D eigenvalue weighted by atomic mass is 32.2. The molecule has 1 fully saturated rings. The molecule has 2 aliphatic heterocycles. The van der Waals surface area contributed by atoms with Gasteiger partial charge in [0.15, 0.2) is 0 Å². The first-order chi connectivity index (χ1) is 12.6. The zero-order valence-corrected chi connectivity index (χ0v) is 16.7. The minimum absolute atomic E-state index is 0.118. The van der Waals surface area contributed by atoms with Crippen molar-refractivity contribution in [2.45, 2.75) is 4.90 Å². The van der Waals surface area contributed by atoms with E-state index in [-0.39, 0.29) is 12.5 Å². The van der Waals surface area contributed by atoms with Crippen LogP contribution >= 0.6 is 35.7 Å². The molecule has 0 spiro atoms. The minimum Gasteiger partial charge on any atom is -0.338 e. The summed E-state index contributed by atoms with van der Waals surface area (Å²) in [7, 11) is 3.59. The molecule has 6 nitrogen and oxygen atoms in total. The van der Waals surface area contributed by atoms with Crippen LogP contribution in [0.5, 0.6) is 0 Å². The quantitative estimate of drug-likeness (QED) is 0.136. The van der Waals surface area contributed by atoms with E-state index in [1.807, 2.05) is 31.3 Å². The lowest BCUT2D eigenvalue weighted by Crippen LogP contribution is -2.31. The number of rotatable bonds is 6. The zero-order valence-electron chi connectivity index (χ0n) is 14.2. The predicted octanol–water partition coefficient (Wildman–Crippen LogP) is 3.42. The Kier molecular flexibility index (Phi) is 6.36. The molecule has 1 amide bonds. The highest BCUT2D eigenvalue weighted by molar-refractivity contribution is 8.26. The van der Waals surface area contributed by atoms with Gasteiger partial charge in [-0.1, -0.05) is 47.9 Å². The van der Waals surface area contributed by atoms with Gasteiger partial charge in [-0.05, 0) is 24.3 Å². The van der Waals surface area contributed by atoms with E-state index in [1.165, 1.54) is 28.0 Å². The van der Waals surface area contributed by atoms with Gasteiger partial charge in [0.1, 0.15) is 10.9 Å². The molecule has 0 saturated carbocycles. The summed E-state index contributed by atoms with van der Waals surface area (Å²) in [5.74, 6) is -0.118. The molecule has 9 heteroatoms. The van der Waals surface area contributed by atoms with Gasteiger partial charge >= 0.3 is 0 Å². The lowest BCUT2D eigenvalue weighted by atomic mass is 10.3. The van der Waals surface area contributed by atoms with Crippen LogP contribution in [0.2, 0.25) is 0 Å². The van der Waals surface area contributed by atoms with Crippen LogP contribution in [0.1, 0.15) is 0 Å². The SMILES string of the molecule is CN=COOCCN1C(=O)C(=CC=C2Sc3ccccc3N2C)SC1=S. The van der Waals surface area contributed by atoms with Crippen molar-refractivity contribution in [3.05, 3.63) is 46.4 Å². The Hall–Kier alpha value is -1.81. The van der Waals surface area contributed by atoms with E-state index >= 15 is 0 Å². The van der Waals surface area contributed by atoms with Gasteiger partial charge in [-0.3, -0.25) is 14.7 Å². The molecule has 0 aromatic heterocycles. The molecule has 0 radical (unpaired) electrons. The average molecular weight is 408 g/mol. The maximum Gasteiger partial charge on any atom is 0.266 e. The molecule has 0 unspecified atom stereocenters. The molecule has 2 heterocycles. The molecule has 26 heavy (non-hydrogen) atoms. The predicted molar refractivity (Wildman–Crippen MR) is 110 cm³/mol. The number of benzene rings is 1. The number of thiocarbonyl (C=S) groups is 1. The fourth-order valence-electron chi connectivity index (χ4n) is 2.37. The van der Waals surface area contributed by atoms with Crippen LogP contribution in [0.25, 0.3) is 0 Å². The number of nitrogens with zero attached hydrogens (tertiary/aromatic N) is 3. The van der Waals surface area contributed by atoms with Crippen molar-refractivity contribution >= 4 is 58.1 Å². The van der Waals surface area contributed by atoms with Crippen molar-refractivity contribution in [2.24, 2.45) is 4.99 Å². The highest BCUT2D eigenvalue weighted by Gasteiger charge is 2.31. The number of anilines is 1. The highest BCUT2D eigenvalue weighted by Crippen LogP contribution is 2.44. The summed E-state index contributed by atoms with van der Waals surface area (Å²) < 4.78 is 0.517. The Balaban J connectivity index is 1.63. The number of carbonyl (C=O) groups excluding carboxylic acids is 1. The molecule has 0 N–H and O–H groups in total. The van der Waals surface area contributed by atoms with Gasteiger partial charge in [0.05, 0.1) is 22.2 Å². The van der Waals surface area contributed by atoms with Gasteiger partial charge in [0.2, 0.25) is 6.40 Å². The van der Waals surface area contributed by atoms with Crippen LogP contribution in [-0.2, 0) is 14.6 Å². The third kappa shape index (κ3) is 4.12. The molecular formula is C17H17N3O3S3. The van der Waals surface area contributed by atoms with Crippen molar-refractivity contribution in [2.75, 3.05) is 32.1 Å². The number of allylic oxidation sites excluding steroid dienone is 2. The third-order valence-corrected chi connectivity index (χ3v) is 6.22. The molecule has 1 aromatic rings. The summed E-state index contributed by atoms with van der Waals surface area (Å²) in [5.41, 5.74) is 1.16. The summed E-state index contributed by atoms with van der Waals surface area (Å²) in [6, 6.07) is 8.20. The second-order valence-electron chi connectivity index (χ2n) is 5.27. The number of hydrogen-bond acceptors (Lipinski definition) is 8. The van der Waals surface area contributed by atoms with E-state index < -0.39 is 0 Å². The van der Waals surface area contributed by atoms with E-state index in [1.54, 1.807) is 18.8 Å². The molecule has 0 aliphatic carbocycles. The monoisotopic (exact) mass is 407 g/mol. The summed E-state index contributed by atoms with van der Waals surface area (Å²) in [5, 5.41) is 1.06. The summed E-state index contributed by atoms with van der Waals surface area (Å²) in [6.45, 7) is 0.539. The second kappa shape index (κ2) is 8.72. The Morgan fingerprint density at radius 3 is 2.85 bits per heavy atom. The smallest absolute Gasteiger partial charge is 0.266 e. The number of fused-ring (bicyclic) bond motifs is 1. The number of para-hydroxylation sites is 1. The van der Waals surface area contributed by atoms with E-state index in [9.17, 15) is 4.79 Å². The topological polar surface area (TPSA) is 54.4 Å². The van der Waals surface area contributed by atoms with Crippen LogP contribution in [-0.4, -0.2) is 48.8 Å². The Morgan fingerprint density at radius 2 is 2.08 bits per heavy atom. The van der Waals surface area contributed by atoms with Crippen molar-refractivity contribution in [3.63, 3.8) is 0 Å². The van der Waals surface area contributed by atoms with E-state index in [2.05, 4.69) is 26.9 Å². The molecule has 1 saturated heterocycles. The fourth-order valence-corrected chi connectivity index (χ4v) is 4.67. The summed E-state index contributed by atoms with van der Waals surface area (Å²) in [4.78, 5) is 31.2. The van der Waals surface area contributed by atoms with Gasteiger partial charge in [-0.15, -0.1) is 0 Å². The van der Waals surface area contributed by atoms with Crippen molar-refractivity contribution in [1.82, 2.24) is 4.90 Å². The van der Waals surface area contributed by atoms with Gasteiger partial charge < -0.3 is 9.79 Å². The van der Waals surface area contributed by atoms with Gasteiger partial charge in [-0.2, -0.15) is 4.89 Å². The Labute approximate surface area is 165 Å². The summed E-state index contributed by atoms with van der Waals surface area (Å²) in [6.07, 6.45) is 4.96. The average Bonchev–Trinajstić information content (AvgIpc) is 3.10. The third-order valence-electron chi connectivity index (χ3n) is 3.64. The molecule has 0 bridgehead atoms. The standard InChI is InChI=1S/C17H17N3O3S3/c1-18-11-23-22-10-9-20-16(21)14(26-17(20)24)7-8-15-19(2)12-5-3-4-6-13(12)25-15/h3-8,11H,9-10H2,1-2H3. The van der Waals surface area contributed by atoms with Crippen molar-refractivity contribution in [1.29, 1.82) is 0 Å².